The van der Waals surface area contributed by atoms with Crippen molar-refractivity contribution in [2.24, 2.45) is 0 Å². The number of Topliss-reactive ketones (excluding diaryl/α,β-unsaturated/α-hetero) is 1. The molecule has 1 atom stereocenters. The van der Waals surface area contributed by atoms with Gasteiger partial charge in [0.1, 0.15) is 16.8 Å². The van der Waals surface area contributed by atoms with Crippen molar-refractivity contribution in [3.63, 3.8) is 0 Å². The highest BCUT2D eigenvalue weighted by Crippen LogP contribution is 2.35. The molecule has 168 valence electrons. The van der Waals surface area contributed by atoms with E-state index < -0.39 is 18.0 Å². The third kappa shape index (κ3) is 7.48. The number of hydrogen-bond donors (Lipinski definition) is 0. The lowest BCUT2D eigenvalue weighted by atomic mass is 10.1. The molecule has 0 radical (unpaired) electrons. The van der Waals surface area contributed by atoms with Crippen LogP contribution in [0.5, 0.6) is 17.4 Å². The predicted octanol–water partition coefficient (Wildman–Crippen LogP) is 6.85. The van der Waals surface area contributed by atoms with Crippen molar-refractivity contribution in [3.8, 4) is 17.4 Å². The third-order valence-electron chi connectivity index (χ3n) is 3.78. The first-order valence-corrected chi connectivity index (χ1v) is 9.99. The number of aromatic nitrogens is 1. The number of nitrogens with zero attached hydrogens (tertiary/aromatic N) is 1. The highest BCUT2D eigenvalue weighted by molar-refractivity contribution is 6.55. The number of hydrogen-bond acceptors (Lipinski definition) is 5. The lowest BCUT2D eigenvalue weighted by Crippen LogP contribution is -2.24. The number of ketones is 1. The van der Waals surface area contributed by atoms with E-state index in [1.165, 1.54) is 25.1 Å². The van der Waals surface area contributed by atoms with Crippen LogP contribution < -0.4 is 14.2 Å². The topological polar surface area (TPSA) is 57.6 Å². The number of pyridine rings is 1. The number of carbonyl (C=O) groups is 1. The maximum absolute atomic E-state index is 12.7. The molecule has 0 aliphatic heterocycles. The number of alkyl halides is 3. The maximum atomic E-state index is 12.7. The minimum Gasteiger partial charge on any atom is -0.489 e. The van der Waals surface area contributed by atoms with Gasteiger partial charge in [0.25, 0.3) is 0 Å². The largest absolute Gasteiger partial charge is 0.489 e. The molecule has 1 unspecified atom stereocenters. The van der Waals surface area contributed by atoms with Gasteiger partial charge in [-0.05, 0) is 25.1 Å². The summed E-state index contributed by atoms with van der Waals surface area (Å²) in [7, 11) is 0. The number of halogens is 6. The quantitative estimate of drug-likeness (QED) is 0.280. The Labute approximate surface area is 191 Å². The van der Waals surface area contributed by atoms with Gasteiger partial charge in [0.05, 0.1) is 16.1 Å². The third-order valence-corrected chi connectivity index (χ3v) is 4.37. The van der Waals surface area contributed by atoms with Gasteiger partial charge in [0, 0.05) is 24.8 Å². The fourth-order valence-electron chi connectivity index (χ4n) is 2.31. The summed E-state index contributed by atoms with van der Waals surface area (Å²) >= 11 is 17.3. The molecule has 0 aliphatic rings. The van der Waals surface area contributed by atoms with Crippen LogP contribution in [-0.4, -0.2) is 23.7 Å². The van der Waals surface area contributed by atoms with E-state index in [4.69, 9.17) is 49.0 Å². The molecule has 31 heavy (non-hydrogen) atoms. The standard InChI is InChI=1S/C20H17Cl3F3NO4/c1-3-18(30-17-5-4-12(10-27-17)20(24,25)26)31-19-14(11(2)28)8-13(9-15(19)21)29-7-6-16(22)23/h4-6,8-10,18H,3,7H2,1-2H3. The summed E-state index contributed by atoms with van der Waals surface area (Å²) in [6.07, 6.45) is -3.13. The second-order valence-electron chi connectivity index (χ2n) is 6.10. The fourth-order valence-corrected chi connectivity index (χ4v) is 2.69. The monoisotopic (exact) mass is 497 g/mol. The van der Waals surface area contributed by atoms with Gasteiger partial charge < -0.3 is 14.2 Å². The zero-order chi connectivity index (χ0) is 23.2. The van der Waals surface area contributed by atoms with Crippen LogP contribution in [0.4, 0.5) is 13.2 Å². The van der Waals surface area contributed by atoms with Crippen LogP contribution in [0.2, 0.25) is 5.02 Å². The van der Waals surface area contributed by atoms with Gasteiger partial charge in [-0.3, -0.25) is 4.79 Å². The molecular formula is C20H17Cl3F3NO4. The fraction of sp³-hybridized carbons (Fsp3) is 0.300. The molecule has 2 rings (SSSR count). The van der Waals surface area contributed by atoms with Crippen molar-refractivity contribution in [1.29, 1.82) is 0 Å². The molecule has 0 N–H and O–H groups in total. The van der Waals surface area contributed by atoms with Crippen molar-refractivity contribution >= 4 is 40.6 Å². The zero-order valence-electron chi connectivity index (χ0n) is 16.3. The van der Waals surface area contributed by atoms with E-state index in [2.05, 4.69) is 4.98 Å². The van der Waals surface area contributed by atoms with Gasteiger partial charge in [-0.15, -0.1) is 0 Å². The number of ether oxygens (including phenoxy) is 3. The average Bonchev–Trinajstić information content (AvgIpc) is 2.68. The van der Waals surface area contributed by atoms with Gasteiger partial charge in [0.15, 0.2) is 11.5 Å². The van der Waals surface area contributed by atoms with E-state index in [0.717, 1.165) is 12.1 Å². The van der Waals surface area contributed by atoms with E-state index in [9.17, 15) is 18.0 Å². The Bertz CT molecular complexity index is 946. The van der Waals surface area contributed by atoms with Crippen molar-refractivity contribution in [3.05, 3.63) is 57.2 Å². The SMILES string of the molecule is CCC(Oc1ccc(C(F)(F)F)cn1)Oc1c(Cl)cc(OCC=C(Cl)Cl)cc1C(C)=O. The molecule has 0 saturated heterocycles. The summed E-state index contributed by atoms with van der Waals surface area (Å²) in [5.74, 6) is -0.0984. The van der Waals surface area contributed by atoms with Crippen LogP contribution >= 0.6 is 34.8 Å². The van der Waals surface area contributed by atoms with Gasteiger partial charge in [0.2, 0.25) is 12.2 Å². The molecular weight excluding hydrogens is 482 g/mol. The summed E-state index contributed by atoms with van der Waals surface area (Å²) in [6, 6.07) is 4.79. The summed E-state index contributed by atoms with van der Waals surface area (Å²) in [5, 5.41) is 0.0751. The van der Waals surface area contributed by atoms with Crippen molar-refractivity contribution in [2.45, 2.75) is 32.7 Å². The summed E-state index contributed by atoms with van der Waals surface area (Å²) in [4.78, 5) is 15.8. The van der Waals surface area contributed by atoms with E-state index in [1.54, 1.807) is 6.92 Å². The molecule has 1 aromatic heterocycles. The second kappa shape index (κ2) is 10.9. The smallest absolute Gasteiger partial charge is 0.417 e. The van der Waals surface area contributed by atoms with Crippen LogP contribution in [0.25, 0.3) is 0 Å². The highest BCUT2D eigenvalue weighted by atomic mass is 35.5. The molecule has 5 nitrogen and oxygen atoms in total. The Morgan fingerprint density at radius 1 is 1.23 bits per heavy atom. The van der Waals surface area contributed by atoms with Gasteiger partial charge in [-0.2, -0.15) is 13.2 Å². The number of benzene rings is 1. The molecule has 0 fully saturated rings. The number of carbonyl (C=O) groups excluding carboxylic acids is 1. The first kappa shape index (κ1) is 25.1. The van der Waals surface area contributed by atoms with Crippen LogP contribution in [0.15, 0.2) is 41.0 Å². The van der Waals surface area contributed by atoms with Crippen molar-refractivity contribution < 1.29 is 32.2 Å². The normalized spacial score (nSPS) is 12.1. The van der Waals surface area contributed by atoms with Gasteiger partial charge >= 0.3 is 6.18 Å². The van der Waals surface area contributed by atoms with Crippen molar-refractivity contribution in [1.82, 2.24) is 4.98 Å². The van der Waals surface area contributed by atoms with Crippen molar-refractivity contribution in [2.75, 3.05) is 6.61 Å². The lowest BCUT2D eigenvalue weighted by Gasteiger charge is -2.21. The minimum atomic E-state index is -4.51. The van der Waals surface area contributed by atoms with E-state index in [1.807, 2.05) is 0 Å². The van der Waals surface area contributed by atoms with E-state index in [0.29, 0.717) is 6.20 Å². The van der Waals surface area contributed by atoms with Crippen LogP contribution in [0.3, 0.4) is 0 Å². The van der Waals surface area contributed by atoms with Gasteiger partial charge in [-0.25, -0.2) is 4.98 Å². The van der Waals surface area contributed by atoms with E-state index in [-0.39, 0.29) is 51.3 Å². The molecule has 1 aromatic carbocycles. The van der Waals surface area contributed by atoms with Crippen LogP contribution in [-0.2, 0) is 6.18 Å². The summed E-state index contributed by atoms with van der Waals surface area (Å²) < 4.78 is 54.7. The molecule has 0 bridgehead atoms. The van der Waals surface area contributed by atoms with Gasteiger partial charge in [-0.1, -0.05) is 41.7 Å². The Kier molecular flexibility index (Phi) is 8.85. The van der Waals surface area contributed by atoms with E-state index >= 15 is 0 Å². The summed E-state index contributed by atoms with van der Waals surface area (Å²) in [6.45, 7) is 3.09. The van der Waals surface area contributed by atoms with Crippen LogP contribution in [0.1, 0.15) is 36.2 Å². The molecule has 0 spiro atoms. The summed E-state index contributed by atoms with van der Waals surface area (Å²) in [5.41, 5.74) is -0.775. The maximum Gasteiger partial charge on any atom is 0.417 e. The molecule has 1 heterocycles. The second-order valence-corrected chi connectivity index (χ2v) is 7.51. The molecule has 11 heteroatoms. The predicted molar refractivity (Wildman–Crippen MR) is 111 cm³/mol. The molecule has 2 aromatic rings. The Balaban J connectivity index is 2.21. The Hall–Kier alpha value is -2.16. The Morgan fingerprint density at radius 3 is 2.45 bits per heavy atom. The molecule has 0 amide bonds. The molecule has 0 aliphatic carbocycles. The Morgan fingerprint density at radius 2 is 1.94 bits per heavy atom. The zero-order valence-corrected chi connectivity index (χ0v) is 18.6. The first-order valence-electron chi connectivity index (χ1n) is 8.86. The average molecular weight is 499 g/mol. The molecule has 0 saturated carbocycles. The number of rotatable bonds is 9. The lowest BCUT2D eigenvalue weighted by molar-refractivity contribution is -0.137. The first-order chi connectivity index (χ1) is 14.5. The highest BCUT2D eigenvalue weighted by Gasteiger charge is 2.31. The minimum absolute atomic E-state index is 0.0256. The van der Waals surface area contributed by atoms with Crippen LogP contribution in [0, 0.1) is 0 Å².